The SMILES string of the molecule is OCCOCCCN(CCCOCCO)CCN(CCN(CCCOCCO)CCCOCCO)CN(CCN(CCOCCOO)CCOCCOO)CCN(CCOCCOO)CCOCCOO. The third-order valence-electron chi connectivity index (χ3n) is 10.8. The lowest BCUT2D eigenvalue weighted by atomic mass is 10.3. The maximum atomic E-state index is 9.25. The van der Waals surface area contributed by atoms with Gasteiger partial charge in [-0.2, -0.15) is 0 Å². The minimum absolute atomic E-state index is 0.0292. The number of hydrogen-bond acceptors (Lipinski definition) is 26. The van der Waals surface area contributed by atoms with Crippen LogP contribution in [0.2, 0.25) is 0 Å². The van der Waals surface area contributed by atoms with Gasteiger partial charge in [0.1, 0.15) is 26.4 Å². The molecule has 0 aromatic rings. The summed E-state index contributed by atoms with van der Waals surface area (Å²) in [5.41, 5.74) is 0. The largest absolute Gasteiger partial charge is 0.394 e. The van der Waals surface area contributed by atoms with Gasteiger partial charge in [0.25, 0.3) is 0 Å². The third kappa shape index (κ3) is 49.6. The Hall–Kier alpha value is -1.04. The second-order valence-electron chi connectivity index (χ2n) is 16.3. The first-order chi connectivity index (χ1) is 35.0. The molecule has 0 rings (SSSR count). The van der Waals surface area contributed by atoms with Crippen molar-refractivity contribution in [1.29, 1.82) is 0 Å². The summed E-state index contributed by atoms with van der Waals surface area (Å²) in [5, 5.41) is 72.2. The molecule has 0 aliphatic rings. The molecule has 0 aromatic carbocycles. The number of hydrogen-bond donors (Lipinski definition) is 8. The van der Waals surface area contributed by atoms with Crippen LogP contribution in [0.15, 0.2) is 0 Å². The number of rotatable bonds is 62. The van der Waals surface area contributed by atoms with E-state index in [0.717, 1.165) is 78.0 Å². The molecule has 0 heterocycles. The van der Waals surface area contributed by atoms with Crippen LogP contribution in [0.25, 0.3) is 0 Å². The second-order valence-corrected chi connectivity index (χ2v) is 16.3. The molecule has 26 heteroatoms. The van der Waals surface area contributed by atoms with Gasteiger partial charge in [0.2, 0.25) is 0 Å². The average Bonchev–Trinajstić information content (AvgIpc) is 3.38. The Bertz CT molecular complexity index is 820. The lowest BCUT2D eigenvalue weighted by molar-refractivity contribution is -0.249. The molecule has 71 heavy (non-hydrogen) atoms. The molecule has 0 fully saturated rings. The van der Waals surface area contributed by atoms with E-state index >= 15 is 0 Å². The first-order valence-electron chi connectivity index (χ1n) is 25.5. The smallest absolute Gasteiger partial charge is 0.105 e. The molecule has 0 bridgehead atoms. The van der Waals surface area contributed by atoms with Crippen molar-refractivity contribution >= 4 is 0 Å². The summed E-state index contributed by atoms with van der Waals surface area (Å²) in [6.45, 7) is 17.9. The van der Waals surface area contributed by atoms with Crippen molar-refractivity contribution < 1.29 is 98.9 Å². The zero-order valence-corrected chi connectivity index (χ0v) is 43.0. The Morgan fingerprint density at radius 1 is 0.197 bits per heavy atom. The van der Waals surface area contributed by atoms with E-state index in [9.17, 15) is 20.4 Å². The lowest BCUT2D eigenvalue weighted by Crippen LogP contribution is -2.49. The van der Waals surface area contributed by atoms with Gasteiger partial charge in [-0.15, -0.1) is 0 Å². The lowest BCUT2D eigenvalue weighted by Gasteiger charge is -2.36. The number of ether oxygens (including phenoxy) is 8. The highest BCUT2D eigenvalue weighted by atomic mass is 17.1. The van der Waals surface area contributed by atoms with Crippen LogP contribution in [0.5, 0.6) is 0 Å². The Morgan fingerprint density at radius 2 is 0.408 bits per heavy atom. The Balaban J connectivity index is 6.76. The van der Waals surface area contributed by atoms with E-state index in [-0.39, 0.29) is 79.3 Å². The second kappa shape index (κ2) is 58.2. The molecular weight excluding hydrogens is 945 g/mol. The zero-order valence-electron chi connectivity index (χ0n) is 43.0. The summed E-state index contributed by atoms with van der Waals surface area (Å²) < 4.78 is 45.3. The number of aliphatic hydroxyl groups excluding tert-OH is 4. The van der Waals surface area contributed by atoms with Gasteiger partial charge >= 0.3 is 0 Å². The van der Waals surface area contributed by atoms with Crippen molar-refractivity contribution in [2.45, 2.75) is 25.7 Å². The van der Waals surface area contributed by atoms with Gasteiger partial charge in [-0.25, -0.2) is 19.6 Å². The molecule has 428 valence electrons. The number of aliphatic hydroxyl groups is 4. The van der Waals surface area contributed by atoms with Crippen molar-refractivity contribution in [1.82, 2.24) is 29.4 Å². The van der Waals surface area contributed by atoms with Gasteiger partial charge < -0.3 is 68.1 Å². The average molecular weight is 1040 g/mol. The minimum Gasteiger partial charge on any atom is -0.394 e. The Labute approximate surface area is 423 Å². The standard InChI is InChI=1S/C45H98N6O20/c52-21-33-60-25-1-5-46(6-2-26-61-34-22-53)9-13-50(14-10-47(7-3-27-62-35-23-54)8-4-28-63-36-24-55)45-51(15-11-48(17-29-64-37-41-68-56)18-30-65-38-42-69-57)16-12-49(19-31-66-39-43-70-58)20-32-67-40-44-71-59/h52-59H,1-45H2. The summed E-state index contributed by atoms with van der Waals surface area (Å²) in [5.74, 6) is 0. The van der Waals surface area contributed by atoms with Gasteiger partial charge in [-0.1, -0.05) is 0 Å². The molecular formula is C45H98N6O20. The van der Waals surface area contributed by atoms with E-state index in [4.69, 9.17) is 58.9 Å². The van der Waals surface area contributed by atoms with E-state index in [1.54, 1.807) is 0 Å². The molecule has 0 amide bonds. The minimum atomic E-state index is -0.0292. The highest BCUT2D eigenvalue weighted by molar-refractivity contribution is 4.73. The summed E-state index contributed by atoms with van der Waals surface area (Å²) >= 11 is 0. The van der Waals surface area contributed by atoms with Crippen LogP contribution in [-0.2, 0) is 57.4 Å². The highest BCUT2D eigenvalue weighted by Crippen LogP contribution is 2.06. The van der Waals surface area contributed by atoms with E-state index in [2.05, 4.69) is 48.9 Å². The molecule has 0 saturated carbocycles. The van der Waals surface area contributed by atoms with Crippen molar-refractivity contribution in [3.8, 4) is 0 Å². The van der Waals surface area contributed by atoms with Crippen LogP contribution < -0.4 is 0 Å². The first-order valence-corrected chi connectivity index (χ1v) is 25.5. The molecule has 8 N–H and O–H groups in total. The topological polar surface area (TPSA) is 292 Å². The quantitative estimate of drug-likeness (QED) is 0.0147. The molecule has 0 spiro atoms. The van der Waals surface area contributed by atoms with Gasteiger partial charge in [-0.05, 0) is 25.7 Å². The summed E-state index contributed by atoms with van der Waals surface area (Å²) in [4.78, 5) is 31.0. The van der Waals surface area contributed by atoms with Gasteiger partial charge in [-0.3, -0.25) is 40.6 Å². The molecule has 0 aliphatic carbocycles. The maximum Gasteiger partial charge on any atom is 0.105 e. The van der Waals surface area contributed by atoms with Crippen molar-refractivity contribution in [2.75, 3.05) is 270 Å². The van der Waals surface area contributed by atoms with Crippen LogP contribution >= 0.6 is 0 Å². The molecule has 0 radical (unpaired) electrons. The fourth-order valence-corrected chi connectivity index (χ4v) is 7.06. The summed E-state index contributed by atoms with van der Waals surface area (Å²) in [7, 11) is 0. The first kappa shape index (κ1) is 70.0. The van der Waals surface area contributed by atoms with Crippen LogP contribution in [0.4, 0.5) is 0 Å². The van der Waals surface area contributed by atoms with Crippen molar-refractivity contribution in [3.63, 3.8) is 0 Å². The fourth-order valence-electron chi connectivity index (χ4n) is 7.06. The highest BCUT2D eigenvalue weighted by Gasteiger charge is 2.19. The van der Waals surface area contributed by atoms with Crippen LogP contribution in [0, 0.1) is 0 Å². The predicted molar refractivity (Wildman–Crippen MR) is 261 cm³/mol. The van der Waals surface area contributed by atoms with Crippen molar-refractivity contribution in [3.05, 3.63) is 0 Å². The van der Waals surface area contributed by atoms with E-state index in [1.165, 1.54) is 0 Å². The van der Waals surface area contributed by atoms with Crippen LogP contribution in [0.1, 0.15) is 25.7 Å². The third-order valence-corrected chi connectivity index (χ3v) is 10.8. The zero-order chi connectivity index (χ0) is 51.8. The number of nitrogens with zero attached hydrogens (tertiary/aromatic N) is 6. The summed E-state index contributed by atoms with van der Waals surface area (Å²) in [6.07, 6.45) is 3.17. The predicted octanol–water partition coefficient (Wildman–Crippen LogP) is -1.62. The summed E-state index contributed by atoms with van der Waals surface area (Å²) in [6, 6.07) is 0. The van der Waals surface area contributed by atoms with Gasteiger partial charge in [0.05, 0.1) is 112 Å². The van der Waals surface area contributed by atoms with Crippen LogP contribution in [-0.4, -0.2) is 341 Å². The van der Waals surface area contributed by atoms with E-state index in [1.807, 2.05) is 0 Å². The van der Waals surface area contributed by atoms with E-state index in [0.29, 0.717) is 138 Å². The molecule has 0 saturated heterocycles. The molecule has 0 aromatic heterocycles. The van der Waals surface area contributed by atoms with E-state index < -0.39 is 0 Å². The molecule has 0 aliphatic heterocycles. The fraction of sp³-hybridized carbons (Fsp3) is 1.00. The monoisotopic (exact) mass is 1040 g/mol. The Kier molecular flexibility index (Phi) is 57.4. The normalized spacial score (nSPS) is 12.3. The van der Waals surface area contributed by atoms with Gasteiger partial charge in [0, 0.05) is 131 Å². The van der Waals surface area contributed by atoms with Crippen LogP contribution in [0.3, 0.4) is 0 Å². The van der Waals surface area contributed by atoms with Gasteiger partial charge in [0.15, 0.2) is 0 Å². The Morgan fingerprint density at radius 3 is 0.634 bits per heavy atom. The maximum absolute atomic E-state index is 9.25. The molecule has 26 nitrogen and oxygen atoms in total. The van der Waals surface area contributed by atoms with Crippen molar-refractivity contribution in [2.24, 2.45) is 0 Å². The molecule has 0 unspecified atom stereocenters. The molecule has 0 atom stereocenters.